The lowest BCUT2D eigenvalue weighted by Crippen LogP contribution is -2.14. The van der Waals surface area contributed by atoms with E-state index in [0.717, 1.165) is 32.4 Å². The van der Waals surface area contributed by atoms with E-state index in [4.69, 9.17) is 6.42 Å². The maximum absolute atomic E-state index is 5.19. The highest BCUT2D eigenvalue weighted by Crippen LogP contribution is 2.09. The lowest BCUT2D eigenvalue weighted by atomic mass is 10.1. The van der Waals surface area contributed by atoms with E-state index in [9.17, 15) is 0 Å². The summed E-state index contributed by atoms with van der Waals surface area (Å²) in [6.07, 6.45) is 8.37. The Balaban J connectivity index is 2.22. The first-order valence-corrected chi connectivity index (χ1v) is 5.94. The average Bonchev–Trinajstić information content (AvgIpc) is 2.28. The molecule has 0 saturated heterocycles. The van der Waals surface area contributed by atoms with Crippen LogP contribution in [0.25, 0.3) is 0 Å². The first-order valence-electron chi connectivity index (χ1n) is 5.94. The van der Waals surface area contributed by atoms with Crippen molar-refractivity contribution >= 4 is 0 Å². The van der Waals surface area contributed by atoms with Crippen LogP contribution in [0.5, 0.6) is 0 Å². The summed E-state index contributed by atoms with van der Waals surface area (Å²) in [5.74, 6) is 2.66. The van der Waals surface area contributed by atoms with Gasteiger partial charge < -0.3 is 5.32 Å². The summed E-state index contributed by atoms with van der Waals surface area (Å²) >= 11 is 0. The first-order chi connectivity index (χ1) is 7.74. The summed E-state index contributed by atoms with van der Waals surface area (Å²) in [5.41, 5.74) is 4.09. The quantitative estimate of drug-likeness (QED) is 0.567. The number of terminal acetylenes is 1. The zero-order chi connectivity index (χ0) is 11.8. The molecule has 86 valence electrons. The highest BCUT2D eigenvalue weighted by molar-refractivity contribution is 5.29. The third-order valence-corrected chi connectivity index (χ3v) is 2.83. The number of hydrogen-bond acceptors (Lipinski definition) is 1. The maximum atomic E-state index is 5.19. The van der Waals surface area contributed by atoms with Crippen molar-refractivity contribution in [3.63, 3.8) is 0 Å². The van der Waals surface area contributed by atoms with E-state index in [1.165, 1.54) is 16.7 Å². The van der Waals surface area contributed by atoms with Gasteiger partial charge in [-0.25, -0.2) is 0 Å². The molecule has 0 heterocycles. The van der Waals surface area contributed by atoms with Crippen molar-refractivity contribution in [3.8, 4) is 12.3 Å². The number of rotatable bonds is 6. The summed E-state index contributed by atoms with van der Waals surface area (Å²) in [4.78, 5) is 0. The van der Waals surface area contributed by atoms with E-state index < -0.39 is 0 Å². The lowest BCUT2D eigenvalue weighted by Gasteiger charge is -2.06. The molecule has 0 aliphatic carbocycles. The molecule has 16 heavy (non-hydrogen) atoms. The van der Waals surface area contributed by atoms with Crippen LogP contribution in [0.4, 0.5) is 0 Å². The molecule has 1 rings (SSSR count). The summed E-state index contributed by atoms with van der Waals surface area (Å²) in [6.45, 7) is 6.31. The van der Waals surface area contributed by atoms with Crippen LogP contribution in [0, 0.1) is 26.2 Å². The molecule has 0 atom stereocenters. The highest BCUT2D eigenvalue weighted by Gasteiger charge is 1.95. The van der Waals surface area contributed by atoms with Gasteiger partial charge in [-0.05, 0) is 49.9 Å². The van der Waals surface area contributed by atoms with Gasteiger partial charge in [-0.1, -0.05) is 18.2 Å². The minimum absolute atomic E-state index is 0.894. The predicted octanol–water partition coefficient (Wildman–Crippen LogP) is 3.20. The van der Waals surface area contributed by atoms with Gasteiger partial charge in [0.2, 0.25) is 0 Å². The van der Waals surface area contributed by atoms with Crippen molar-refractivity contribution in [3.05, 3.63) is 34.9 Å². The Bertz CT molecular complexity index is 360. The third-order valence-electron chi connectivity index (χ3n) is 2.83. The van der Waals surface area contributed by atoms with Crippen molar-refractivity contribution in [2.24, 2.45) is 0 Å². The fraction of sp³-hybridized carbons (Fsp3) is 0.467. The average molecular weight is 215 g/mol. The molecular formula is C15H21N. The van der Waals surface area contributed by atoms with Gasteiger partial charge in [-0.3, -0.25) is 0 Å². The zero-order valence-corrected chi connectivity index (χ0v) is 10.3. The van der Waals surface area contributed by atoms with Crippen molar-refractivity contribution in [2.45, 2.75) is 39.7 Å². The number of benzene rings is 1. The third kappa shape index (κ3) is 4.51. The normalized spacial score (nSPS) is 10.1. The Hall–Kier alpha value is -1.26. The van der Waals surface area contributed by atoms with Crippen LogP contribution < -0.4 is 5.32 Å². The molecular weight excluding hydrogens is 194 g/mol. The number of nitrogens with one attached hydrogen (secondary N) is 1. The second kappa shape index (κ2) is 7.09. The molecule has 0 unspecified atom stereocenters. The van der Waals surface area contributed by atoms with E-state index >= 15 is 0 Å². The van der Waals surface area contributed by atoms with Gasteiger partial charge in [0.05, 0.1) is 0 Å². The van der Waals surface area contributed by atoms with Gasteiger partial charge in [-0.15, -0.1) is 12.3 Å². The molecule has 1 nitrogen and oxygen atoms in total. The predicted molar refractivity (Wildman–Crippen MR) is 70.3 cm³/mol. The SMILES string of the molecule is C#CCCCCNCc1ccc(C)c(C)c1. The number of aryl methyl sites for hydroxylation is 2. The van der Waals surface area contributed by atoms with Crippen LogP contribution >= 0.6 is 0 Å². The van der Waals surface area contributed by atoms with E-state index in [1.807, 2.05) is 0 Å². The van der Waals surface area contributed by atoms with Crippen LogP contribution in [0.15, 0.2) is 18.2 Å². The van der Waals surface area contributed by atoms with Gasteiger partial charge in [0, 0.05) is 13.0 Å². The van der Waals surface area contributed by atoms with Crippen molar-refractivity contribution in [2.75, 3.05) is 6.54 Å². The largest absolute Gasteiger partial charge is 0.313 e. The van der Waals surface area contributed by atoms with E-state index in [0.29, 0.717) is 0 Å². The molecule has 0 saturated carbocycles. The van der Waals surface area contributed by atoms with Gasteiger partial charge in [0.25, 0.3) is 0 Å². The lowest BCUT2D eigenvalue weighted by molar-refractivity contribution is 0.629. The minimum Gasteiger partial charge on any atom is -0.313 e. The van der Waals surface area contributed by atoms with E-state index in [2.05, 4.69) is 43.3 Å². The summed E-state index contributed by atoms with van der Waals surface area (Å²) in [6, 6.07) is 6.63. The standard InChI is InChI=1S/C15H21N/c1-4-5-6-7-10-16-12-15-9-8-13(2)14(3)11-15/h1,8-9,11,16H,5-7,10,12H2,2-3H3. The van der Waals surface area contributed by atoms with Crippen LogP contribution in [0.1, 0.15) is 36.0 Å². The van der Waals surface area contributed by atoms with Crippen molar-refractivity contribution < 1.29 is 0 Å². The molecule has 0 fully saturated rings. The van der Waals surface area contributed by atoms with Crippen molar-refractivity contribution in [1.29, 1.82) is 0 Å². The Kier molecular flexibility index (Phi) is 5.67. The molecule has 0 radical (unpaired) electrons. The number of hydrogen-bond donors (Lipinski definition) is 1. The van der Waals surface area contributed by atoms with Crippen LogP contribution in [-0.4, -0.2) is 6.54 Å². The molecule has 0 aliphatic rings. The molecule has 1 N–H and O–H groups in total. The molecule has 1 aromatic carbocycles. The van der Waals surface area contributed by atoms with Crippen LogP contribution in [-0.2, 0) is 6.54 Å². The molecule has 0 aliphatic heterocycles. The van der Waals surface area contributed by atoms with Gasteiger partial charge in [0.15, 0.2) is 0 Å². The van der Waals surface area contributed by atoms with E-state index in [-0.39, 0.29) is 0 Å². The smallest absolute Gasteiger partial charge is 0.0205 e. The fourth-order valence-electron chi connectivity index (χ4n) is 1.62. The highest BCUT2D eigenvalue weighted by atomic mass is 14.8. The fourth-order valence-corrected chi connectivity index (χ4v) is 1.62. The minimum atomic E-state index is 0.894. The van der Waals surface area contributed by atoms with Crippen LogP contribution in [0.3, 0.4) is 0 Å². The maximum Gasteiger partial charge on any atom is 0.0205 e. The monoisotopic (exact) mass is 215 g/mol. The topological polar surface area (TPSA) is 12.0 Å². The second-order valence-corrected chi connectivity index (χ2v) is 4.26. The molecule has 0 bridgehead atoms. The molecule has 0 aromatic heterocycles. The Labute approximate surface area is 99.3 Å². The summed E-state index contributed by atoms with van der Waals surface area (Å²) in [5, 5.41) is 3.44. The Morgan fingerprint density at radius 3 is 2.69 bits per heavy atom. The molecule has 0 amide bonds. The zero-order valence-electron chi connectivity index (χ0n) is 10.3. The molecule has 0 spiro atoms. The summed E-state index contributed by atoms with van der Waals surface area (Å²) in [7, 11) is 0. The second-order valence-electron chi connectivity index (χ2n) is 4.26. The number of unbranched alkanes of at least 4 members (excludes halogenated alkanes) is 2. The van der Waals surface area contributed by atoms with Crippen molar-refractivity contribution in [1.82, 2.24) is 5.32 Å². The summed E-state index contributed by atoms with van der Waals surface area (Å²) < 4.78 is 0. The molecule has 1 aromatic rings. The molecule has 1 heteroatoms. The van der Waals surface area contributed by atoms with Gasteiger partial charge >= 0.3 is 0 Å². The Morgan fingerprint density at radius 2 is 2.00 bits per heavy atom. The van der Waals surface area contributed by atoms with Gasteiger partial charge in [0.1, 0.15) is 0 Å². The van der Waals surface area contributed by atoms with Crippen LogP contribution in [0.2, 0.25) is 0 Å². The first kappa shape index (κ1) is 12.8. The van der Waals surface area contributed by atoms with Gasteiger partial charge in [-0.2, -0.15) is 0 Å². The Morgan fingerprint density at radius 1 is 1.19 bits per heavy atom. The van der Waals surface area contributed by atoms with E-state index in [1.54, 1.807) is 0 Å².